The fourth-order valence-electron chi connectivity index (χ4n) is 3.13. The molecular weight excluding hydrogens is 702 g/mol. The summed E-state index contributed by atoms with van der Waals surface area (Å²) in [7, 11) is 0. The molecule has 0 spiro atoms. The first-order valence-corrected chi connectivity index (χ1v) is 12.7. The van der Waals surface area contributed by atoms with Crippen LogP contribution in [0.3, 0.4) is 0 Å². The van der Waals surface area contributed by atoms with E-state index in [1.807, 2.05) is 110 Å². The van der Waals surface area contributed by atoms with E-state index in [1.165, 1.54) is 0 Å². The normalized spacial score (nSPS) is 8.23. The molecule has 0 aliphatic heterocycles. The van der Waals surface area contributed by atoms with Gasteiger partial charge in [-0.1, -0.05) is 63.8 Å². The van der Waals surface area contributed by atoms with Crippen molar-refractivity contribution in [2.24, 2.45) is 11.5 Å². The predicted octanol–water partition coefficient (Wildman–Crippen LogP) is 8.31. The van der Waals surface area contributed by atoms with Crippen LogP contribution in [0.4, 0.5) is 0 Å². The van der Waals surface area contributed by atoms with Crippen molar-refractivity contribution in [3.8, 4) is 34.4 Å². The Hall–Kier alpha value is -2.50. The van der Waals surface area contributed by atoms with Crippen molar-refractivity contribution in [3.05, 3.63) is 157 Å². The van der Waals surface area contributed by atoms with E-state index in [-0.39, 0.29) is 72.8 Å². The Morgan fingerprint density at radius 1 is 0.721 bits per heavy atom. The van der Waals surface area contributed by atoms with Crippen molar-refractivity contribution in [2.75, 3.05) is 13.1 Å². The third kappa shape index (κ3) is 19.4. The minimum absolute atomic E-state index is 0. The van der Waals surface area contributed by atoms with E-state index in [0.29, 0.717) is 29.2 Å². The zero-order chi connectivity index (χ0) is 29.6. The van der Waals surface area contributed by atoms with Crippen molar-refractivity contribution in [1.82, 2.24) is 0 Å². The first-order valence-electron chi connectivity index (χ1n) is 12.4. The number of nitrogens with zero attached hydrogens (tertiary/aromatic N) is 2. The molecule has 0 aromatic heterocycles. The summed E-state index contributed by atoms with van der Waals surface area (Å²) in [5, 5.41) is 18.4. The van der Waals surface area contributed by atoms with Crippen LogP contribution in [0.2, 0.25) is 0 Å². The fraction of sp³-hybridized carbons (Fsp3) is 0.111. The minimum Gasteiger partial charge on any atom is -0.343 e. The molecule has 0 saturated carbocycles. The van der Waals surface area contributed by atoms with Crippen LogP contribution in [0, 0.1) is 47.6 Å². The van der Waals surface area contributed by atoms with Crippen molar-refractivity contribution >= 4 is 11.6 Å². The average molecular weight is 739 g/mol. The van der Waals surface area contributed by atoms with Gasteiger partial charge in [0.15, 0.2) is 0 Å². The molecule has 0 unspecified atom stereocenters. The number of nitriles is 2. The minimum atomic E-state index is 0. The van der Waals surface area contributed by atoms with E-state index in [1.54, 1.807) is 6.42 Å². The smallest absolute Gasteiger partial charge is 0.0997 e. The first kappa shape index (κ1) is 44.9. The van der Waals surface area contributed by atoms with E-state index in [0.717, 1.165) is 27.8 Å². The van der Waals surface area contributed by atoms with Gasteiger partial charge in [0.05, 0.1) is 23.3 Å². The molecule has 7 heteroatoms. The number of benzene rings is 4. The number of hydrogen-bond acceptors (Lipinski definition) is 4. The van der Waals surface area contributed by atoms with Crippen molar-refractivity contribution < 1.29 is 65.4 Å². The molecule has 4 aromatic rings. The summed E-state index contributed by atoms with van der Waals surface area (Å²) in [6.07, 6.45) is 3.52. The molecule has 4 nitrogen and oxygen atoms in total. The van der Waals surface area contributed by atoms with Gasteiger partial charge in [-0.25, -0.2) is 25.2 Å². The quantitative estimate of drug-likeness (QED) is 0.195. The van der Waals surface area contributed by atoms with Crippen molar-refractivity contribution in [1.29, 1.82) is 10.5 Å². The Labute approximate surface area is 314 Å². The summed E-state index contributed by atoms with van der Waals surface area (Å²) in [5.41, 5.74) is 16.7. The zero-order valence-corrected chi connectivity index (χ0v) is 30.2. The molecule has 0 fully saturated rings. The van der Waals surface area contributed by atoms with Crippen LogP contribution < -0.4 is 11.5 Å². The van der Waals surface area contributed by atoms with Crippen LogP contribution in [-0.4, -0.2) is 13.1 Å². The molecule has 0 aliphatic rings. The van der Waals surface area contributed by atoms with Gasteiger partial charge in [-0.2, -0.15) is 77.6 Å². The van der Waals surface area contributed by atoms with Gasteiger partial charge in [0.1, 0.15) is 0 Å². The molecule has 4 N–H and O–H groups in total. The number of rotatable bonds is 6. The second-order valence-electron chi connectivity index (χ2n) is 8.06. The summed E-state index contributed by atoms with van der Waals surface area (Å²) in [6, 6.07) is 40.7. The molecule has 0 amide bonds. The second kappa shape index (κ2) is 28.3. The third-order valence-electron chi connectivity index (χ3n) is 4.96. The zero-order valence-electron chi connectivity index (χ0n) is 23.8. The van der Waals surface area contributed by atoms with E-state index >= 15 is 0 Å². The van der Waals surface area contributed by atoms with Crippen molar-refractivity contribution in [3.63, 3.8) is 0 Å². The Kier molecular flexibility index (Phi) is 29.6. The van der Waals surface area contributed by atoms with Crippen molar-refractivity contribution in [2.45, 2.75) is 14.4 Å². The number of hydrogen-bond donors (Lipinski definition) is 2. The average Bonchev–Trinajstić information content (AvgIpc) is 2.99. The maximum Gasteiger partial charge on any atom is 0.0997 e. The molecule has 0 saturated heterocycles. The van der Waals surface area contributed by atoms with E-state index in [9.17, 15) is 0 Å². The Morgan fingerprint density at radius 2 is 1.07 bits per heavy atom. The van der Waals surface area contributed by atoms with Gasteiger partial charge in [-0.3, -0.25) is 0 Å². The van der Waals surface area contributed by atoms with Gasteiger partial charge in [-0.05, 0) is 23.3 Å². The Balaban J connectivity index is -0.000000522. The van der Waals surface area contributed by atoms with Gasteiger partial charge < -0.3 is 11.5 Å². The largest absolute Gasteiger partial charge is 0.343 e. The molecule has 2 radical (unpaired) electrons. The van der Waals surface area contributed by atoms with Gasteiger partial charge >= 0.3 is 0 Å². The van der Waals surface area contributed by atoms with Gasteiger partial charge in [0, 0.05) is 65.4 Å². The maximum absolute atomic E-state index is 8.92. The fourth-order valence-corrected chi connectivity index (χ4v) is 3.22. The molecule has 218 valence electrons. The standard InChI is InChI=1S/2C13H8N.C5H10N.C4H7ClN.CH4.2Y/c2*14-10-12-8-4-5-9-13(12)11-6-2-1-3-7-11;1-5(2)3-4-6;1-4(5)2-3-6;;;/h2*2-9H;3H,1,4,6H2,2H3;2H,1,3,6H2;1H4;;/q4*-1;;;. The molecule has 4 rings (SSSR count). The first-order chi connectivity index (χ1) is 19.4. The second-order valence-corrected chi connectivity index (χ2v) is 8.55. The maximum atomic E-state index is 8.92. The van der Waals surface area contributed by atoms with E-state index in [4.69, 9.17) is 33.6 Å². The van der Waals surface area contributed by atoms with Crippen LogP contribution >= 0.6 is 11.6 Å². The Morgan fingerprint density at radius 3 is 1.30 bits per heavy atom. The topological polar surface area (TPSA) is 99.6 Å². The molecule has 0 bridgehead atoms. The summed E-state index contributed by atoms with van der Waals surface area (Å²) >= 11 is 5.25. The molecular formula is C36H37ClN4Y2-4. The molecule has 0 aliphatic carbocycles. The SMILES string of the molecule is C.C=C(C)[CH-]CN.C=C(Cl)[CH-]CN.N#Cc1ccccc1-c1cc[c-]cc1.N#Cc1ccccc1-c1cc[c-]cc1.[Y].[Y]. The summed E-state index contributed by atoms with van der Waals surface area (Å²) in [5.74, 6) is 0. The summed E-state index contributed by atoms with van der Waals surface area (Å²) < 4.78 is 0. The number of nitrogens with two attached hydrogens (primary N) is 2. The molecule has 0 atom stereocenters. The van der Waals surface area contributed by atoms with Crippen LogP contribution in [0.5, 0.6) is 0 Å². The molecule has 4 aromatic carbocycles. The molecule has 43 heavy (non-hydrogen) atoms. The van der Waals surface area contributed by atoms with E-state index < -0.39 is 0 Å². The predicted molar refractivity (Wildman–Crippen MR) is 174 cm³/mol. The summed E-state index contributed by atoms with van der Waals surface area (Å²) in [4.78, 5) is 0. The number of halogens is 1. The van der Waals surface area contributed by atoms with E-state index in [2.05, 4.69) is 37.4 Å². The van der Waals surface area contributed by atoms with Gasteiger partial charge in [-0.15, -0.1) is 27.8 Å². The van der Waals surface area contributed by atoms with Crippen LogP contribution in [0.25, 0.3) is 22.3 Å². The monoisotopic (exact) mass is 738 g/mol. The van der Waals surface area contributed by atoms with Crippen LogP contribution in [0.15, 0.2) is 121 Å². The van der Waals surface area contributed by atoms with Gasteiger partial charge in [0.2, 0.25) is 0 Å². The third-order valence-corrected chi connectivity index (χ3v) is 5.11. The van der Waals surface area contributed by atoms with Crippen LogP contribution in [0.1, 0.15) is 25.5 Å². The van der Waals surface area contributed by atoms with Crippen LogP contribution in [-0.2, 0) is 65.4 Å². The molecule has 0 heterocycles. The Bertz CT molecular complexity index is 1290. The summed E-state index contributed by atoms with van der Waals surface area (Å²) in [6.45, 7) is 9.99. The van der Waals surface area contributed by atoms with Gasteiger partial charge in [0.25, 0.3) is 0 Å².